The van der Waals surface area contributed by atoms with Gasteiger partial charge in [0.1, 0.15) is 0 Å². The predicted octanol–water partition coefficient (Wildman–Crippen LogP) is 3.43. The molecule has 2 N–H and O–H groups in total. The molecule has 116 valence electrons. The fraction of sp³-hybridized carbons (Fsp3) is 0.167. The standard InChI is InChI=1S/C18H19NO2.ClH/c19-14-18(20)21-13-7-12-17(15-8-3-1-4-9-15)16-10-5-2-6-11-16;/h1-6,8-12H,7,13-14,19H2;1H. The summed E-state index contributed by atoms with van der Waals surface area (Å²) in [5.41, 5.74) is 8.64. The van der Waals surface area contributed by atoms with Crippen LogP contribution in [0.2, 0.25) is 0 Å². The van der Waals surface area contributed by atoms with Crippen molar-refractivity contribution in [2.24, 2.45) is 5.73 Å². The molecule has 0 aliphatic carbocycles. The van der Waals surface area contributed by atoms with Crippen molar-refractivity contribution < 1.29 is 9.53 Å². The van der Waals surface area contributed by atoms with E-state index >= 15 is 0 Å². The van der Waals surface area contributed by atoms with E-state index in [4.69, 9.17) is 10.5 Å². The Hall–Kier alpha value is -2.10. The molecule has 0 amide bonds. The van der Waals surface area contributed by atoms with Crippen molar-refractivity contribution in [1.82, 2.24) is 0 Å². The van der Waals surface area contributed by atoms with Gasteiger partial charge in [-0.3, -0.25) is 4.79 Å². The number of hydrogen-bond donors (Lipinski definition) is 1. The molecule has 0 atom stereocenters. The average Bonchev–Trinajstić information content (AvgIpc) is 2.56. The van der Waals surface area contributed by atoms with Crippen LogP contribution in [0.1, 0.15) is 17.5 Å². The van der Waals surface area contributed by atoms with Crippen molar-refractivity contribution in [3.63, 3.8) is 0 Å². The second kappa shape index (κ2) is 9.77. The number of nitrogens with two attached hydrogens (primary N) is 1. The van der Waals surface area contributed by atoms with Crippen LogP contribution in [0.4, 0.5) is 0 Å². The highest BCUT2D eigenvalue weighted by Gasteiger charge is 2.04. The molecule has 2 aromatic rings. The number of esters is 1. The van der Waals surface area contributed by atoms with Crippen molar-refractivity contribution >= 4 is 23.9 Å². The molecule has 3 nitrogen and oxygen atoms in total. The summed E-state index contributed by atoms with van der Waals surface area (Å²) in [4.78, 5) is 11.0. The van der Waals surface area contributed by atoms with Gasteiger partial charge >= 0.3 is 5.97 Å². The maximum Gasteiger partial charge on any atom is 0.319 e. The Bertz CT molecular complexity index is 555. The first-order valence-electron chi connectivity index (χ1n) is 6.98. The van der Waals surface area contributed by atoms with Crippen LogP contribution < -0.4 is 5.73 Å². The second-order valence-corrected chi connectivity index (χ2v) is 4.56. The fourth-order valence-corrected chi connectivity index (χ4v) is 2.07. The van der Waals surface area contributed by atoms with Crippen LogP contribution >= 0.6 is 12.4 Å². The lowest BCUT2D eigenvalue weighted by Gasteiger charge is -2.09. The molecule has 0 heterocycles. The smallest absolute Gasteiger partial charge is 0.319 e. The van der Waals surface area contributed by atoms with E-state index in [1.54, 1.807) is 0 Å². The maximum atomic E-state index is 11.0. The predicted molar refractivity (Wildman–Crippen MR) is 91.8 cm³/mol. The first-order valence-corrected chi connectivity index (χ1v) is 6.98. The van der Waals surface area contributed by atoms with Crippen molar-refractivity contribution in [2.75, 3.05) is 13.2 Å². The highest BCUT2D eigenvalue weighted by molar-refractivity contribution is 5.85. The topological polar surface area (TPSA) is 52.3 Å². The number of rotatable bonds is 6. The second-order valence-electron chi connectivity index (χ2n) is 4.56. The van der Waals surface area contributed by atoms with Crippen molar-refractivity contribution in [3.05, 3.63) is 77.9 Å². The molecule has 0 fully saturated rings. The Morgan fingerprint density at radius 2 is 1.45 bits per heavy atom. The number of carbonyl (C=O) groups is 1. The van der Waals surface area contributed by atoms with E-state index in [1.165, 1.54) is 0 Å². The fourth-order valence-electron chi connectivity index (χ4n) is 2.07. The van der Waals surface area contributed by atoms with Crippen molar-refractivity contribution in [3.8, 4) is 0 Å². The number of halogens is 1. The van der Waals surface area contributed by atoms with Gasteiger partial charge < -0.3 is 10.5 Å². The van der Waals surface area contributed by atoms with Crippen molar-refractivity contribution in [1.29, 1.82) is 0 Å². The molecule has 22 heavy (non-hydrogen) atoms. The molecule has 0 aliphatic rings. The molecule has 2 rings (SSSR count). The number of ether oxygens (including phenoxy) is 1. The molecule has 0 aliphatic heterocycles. The molecule has 2 aromatic carbocycles. The van der Waals surface area contributed by atoms with Crippen LogP contribution in [-0.2, 0) is 9.53 Å². The van der Waals surface area contributed by atoms with Gasteiger partial charge in [-0.2, -0.15) is 0 Å². The lowest BCUT2D eigenvalue weighted by atomic mass is 9.97. The van der Waals surface area contributed by atoms with Gasteiger partial charge in [-0.15, -0.1) is 12.4 Å². The molecule has 0 radical (unpaired) electrons. The Morgan fingerprint density at radius 3 is 1.91 bits per heavy atom. The van der Waals surface area contributed by atoms with Gasteiger partial charge in [0.25, 0.3) is 0 Å². The first kappa shape index (κ1) is 18.0. The summed E-state index contributed by atoms with van der Waals surface area (Å²) in [7, 11) is 0. The molecular weight excluding hydrogens is 298 g/mol. The summed E-state index contributed by atoms with van der Waals surface area (Å²) in [5, 5.41) is 0. The van der Waals surface area contributed by atoms with Crippen LogP contribution in [-0.4, -0.2) is 19.1 Å². The first-order chi connectivity index (χ1) is 10.3. The Kier molecular flexibility index (Phi) is 7.97. The molecule has 0 bridgehead atoms. The summed E-state index contributed by atoms with van der Waals surface area (Å²) >= 11 is 0. The summed E-state index contributed by atoms with van der Waals surface area (Å²) in [6.07, 6.45) is 2.75. The van der Waals surface area contributed by atoms with Gasteiger partial charge in [0, 0.05) is 6.42 Å². The van der Waals surface area contributed by atoms with Gasteiger partial charge in [-0.05, 0) is 16.7 Å². The van der Waals surface area contributed by atoms with E-state index in [-0.39, 0.29) is 24.9 Å². The van der Waals surface area contributed by atoms with E-state index in [1.807, 2.05) is 36.4 Å². The molecule has 0 saturated carbocycles. The quantitative estimate of drug-likeness (QED) is 0.656. The molecule has 0 aromatic heterocycles. The SMILES string of the molecule is Cl.NCC(=O)OCCC=C(c1ccccc1)c1ccccc1. The minimum atomic E-state index is -0.371. The van der Waals surface area contributed by atoms with Gasteiger partial charge in [0.2, 0.25) is 0 Å². The summed E-state index contributed by atoms with van der Waals surface area (Å²) < 4.78 is 5.00. The van der Waals surface area contributed by atoms with E-state index in [2.05, 4.69) is 30.3 Å². The summed E-state index contributed by atoms with van der Waals surface area (Å²) in [6, 6.07) is 20.3. The zero-order valence-electron chi connectivity index (χ0n) is 12.3. The summed E-state index contributed by atoms with van der Waals surface area (Å²) in [6.45, 7) is 0.271. The van der Waals surface area contributed by atoms with Gasteiger partial charge in [0.05, 0.1) is 13.2 Å². The minimum Gasteiger partial charge on any atom is -0.464 e. The van der Waals surface area contributed by atoms with E-state index in [0.29, 0.717) is 13.0 Å². The zero-order valence-corrected chi connectivity index (χ0v) is 13.1. The highest BCUT2D eigenvalue weighted by Crippen LogP contribution is 2.23. The Morgan fingerprint density at radius 1 is 0.955 bits per heavy atom. The highest BCUT2D eigenvalue weighted by atomic mass is 35.5. The number of carbonyl (C=O) groups excluding carboxylic acids is 1. The third-order valence-electron chi connectivity index (χ3n) is 3.07. The van der Waals surface area contributed by atoms with Gasteiger partial charge in [0.15, 0.2) is 0 Å². The van der Waals surface area contributed by atoms with E-state index in [0.717, 1.165) is 16.7 Å². The van der Waals surface area contributed by atoms with Crippen molar-refractivity contribution in [2.45, 2.75) is 6.42 Å². The lowest BCUT2D eigenvalue weighted by molar-refractivity contribution is -0.141. The molecule has 0 spiro atoms. The van der Waals surface area contributed by atoms with Gasteiger partial charge in [-0.1, -0.05) is 66.7 Å². The Labute approximate surface area is 137 Å². The third-order valence-corrected chi connectivity index (χ3v) is 3.07. The van der Waals surface area contributed by atoms with Crippen LogP contribution in [0.15, 0.2) is 66.7 Å². The maximum absolute atomic E-state index is 11.0. The summed E-state index contributed by atoms with van der Waals surface area (Å²) in [5.74, 6) is -0.371. The molecule has 4 heteroatoms. The van der Waals surface area contributed by atoms with E-state index in [9.17, 15) is 4.79 Å². The lowest BCUT2D eigenvalue weighted by Crippen LogP contribution is -2.17. The van der Waals surface area contributed by atoms with Crippen LogP contribution in [0.25, 0.3) is 5.57 Å². The third kappa shape index (κ3) is 5.35. The Balaban J connectivity index is 0.00000242. The average molecular weight is 318 g/mol. The largest absolute Gasteiger partial charge is 0.464 e. The van der Waals surface area contributed by atoms with Gasteiger partial charge in [-0.25, -0.2) is 0 Å². The molecule has 0 unspecified atom stereocenters. The monoisotopic (exact) mass is 317 g/mol. The van der Waals surface area contributed by atoms with Crippen LogP contribution in [0.5, 0.6) is 0 Å². The normalized spacial score (nSPS) is 9.50. The minimum absolute atomic E-state index is 0. The number of benzene rings is 2. The molecular formula is C18H20ClNO2. The van der Waals surface area contributed by atoms with E-state index < -0.39 is 0 Å². The molecule has 0 saturated heterocycles. The zero-order chi connectivity index (χ0) is 14.9. The van der Waals surface area contributed by atoms with Crippen LogP contribution in [0.3, 0.4) is 0 Å². The number of hydrogen-bond acceptors (Lipinski definition) is 3. The van der Waals surface area contributed by atoms with Crippen LogP contribution in [0, 0.1) is 0 Å².